The number of esters is 3. The number of hydrogen-bond donors (Lipinski definition) is 0. The molecule has 1 unspecified atom stereocenters. The van der Waals surface area contributed by atoms with Crippen molar-refractivity contribution in [3.8, 4) is 0 Å². The van der Waals surface area contributed by atoms with E-state index in [9.17, 15) is 14.4 Å². The van der Waals surface area contributed by atoms with Crippen LogP contribution in [-0.2, 0) is 28.6 Å². The van der Waals surface area contributed by atoms with Crippen LogP contribution in [0.3, 0.4) is 0 Å². The smallest absolute Gasteiger partial charge is 0.306 e. The Balaban J connectivity index is 4.40. The fraction of sp³-hybridized carbons (Fsp3) is 0.776. The summed E-state index contributed by atoms with van der Waals surface area (Å²) in [6, 6.07) is 0. The van der Waals surface area contributed by atoms with E-state index in [0.29, 0.717) is 19.3 Å². The molecule has 0 aromatic heterocycles. The van der Waals surface area contributed by atoms with Crippen molar-refractivity contribution in [2.75, 3.05) is 13.2 Å². The monoisotopic (exact) mass is 1140 g/mol. The number of carbonyl (C=O) groups excluding carboxylic acids is 3. The Hall–Kier alpha value is -3.41. The highest BCUT2D eigenvalue weighted by atomic mass is 16.6. The number of unbranched alkanes of at least 4 members (excludes halogenated alkanes) is 40. The van der Waals surface area contributed by atoms with Gasteiger partial charge in [-0.1, -0.05) is 331 Å². The predicted octanol–water partition coefficient (Wildman–Crippen LogP) is 24.6. The molecular weight excluding hydrogens is 1010 g/mol. The second kappa shape index (κ2) is 70.1. The first-order valence-corrected chi connectivity index (χ1v) is 35.6. The SMILES string of the molecule is CC/C=C\C/C=C\C/C=C\C/C=C\C/C=C\C/C=C\CCCCCCC(=O)OCC(COC(=O)CCCCCCCCCCCCCCCCCCCC)OC(=O)CCCCCCCCCCCCC/C=C\CCCCCCCCCC. The van der Waals surface area contributed by atoms with E-state index >= 15 is 0 Å². The average Bonchev–Trinajstić information content (AvgIpc) is 3.47. The number of rotatable bonds is 65. The quantitative estimate of drug-likeness (QED) is 0.0261. The molecule has 0 amide bonds. The van der Waals surface area contributed by atoms with Crippen LogP contribution >= 0.6 is 0 Å². The van der Waals surface area contributed by atoms with Crippen LogP contribution in [0.15, 0.2) is 85.1 Å². The minimum atomic E-state index is -0.789. The summed E-state index contributed by atoms with van der Waals surface area (Å²) >= 11 is 0. The average molecular weight is 1140 g/mol. The highest BCUT2D eigenvalue weighted by molar-refractivity contribution is 5.71. The summed E-state index contributed by atoms with van der Waals surface area (Å²) in [5.74, 6) is -0.887. The van der Waals surface area contributed by atoms with Crippen LogP contribution in [0.25, 0.3) is 0 Å². The van der Waals surface area contributed by atoms with Gasteiger partial charge < -0.3 is 14.2 Å². The molecule has 0 fully saturated rings. The maximum absolute atomic E-state index is 13.0. The maximum Gasteiger partial charge on any atom is 0.306 e. The molecular formula is C76H134O6. The molecule has 0 heterocycles. The molecule has 0 radical (unpaired) electrons. The Morgan fingerprint density at radius 3 is 0.756 bits per heavy atom. The van der Waals surface area contributed by atoms with Crippen LogP contribution in [0.1, 0.15) is 361 Å². The summed E-state index contributed by atoms with van der Waals surface area (Å²) in [5, 5.41) is 0. The topological polar surface area (TPSA) is 78.9 Å². The Bertz CT molecular complexity index is 1550. The largest absolute Gasteiger partial charge is 0.462 e. The lowest BCUT2D eigenvalue weighted by molar-refractivity contribution is -0.167. The van der Waals surface area contributed by atoms with Crippen LogP contribution in [-0.4, -0.2) is 37.2 Å². The predicted molar refractivity (Wildman–Crippen MR) is 358 cm³/mol. The van der Waals surface area contributed by atoms with Gasteiger partial charge in [0.25, 0.3) is 0 Å². The first-order chi connectivity index (χ1) is 40.5. The summed E-state index contributed by atoms with van der Waals surface area (Å²) in [4.78, 5) is 38.5. The molecule has 0 aliphatic carbocycles. The molecule has 6 nitrogen and oxygen atoms in total. The Kier molecular flexibility index (Phi) is 67.2. The lowest BCUT2D eigenvalue weighted by Crippen LogP contribution is -2.30. The van der Waals surface area contributed by atoms with E-state index in [1.165, 1.54) is 212 Å². The van der Waals surface area contributed by atoms with E-state index in [0.717, 1.165) is 109 Å². The van der Waals surface area contributed by atoms with Crippen molar-refractivity contribution in [2.24, 2.45) is 0 Å². The minimum Gasteiger partial charge on any atom is -0.462 e. The first-order valence-electron chi connectivity index (χ1n) is 35.6. The number of hydrogen-bond acceptors (Lipinski definition) is 6. The second-order valence-corrected chi connectivity index (χ2v) is 23.8. The molecule has 0 saturated heterocycles. The van der Waals surface area contributed by atoms with Crippen molar-refractivity contribution < 1.29 is 28.6 Å². The van der Waals surface area contributed by atoms with E-state index in [-0.39, 0.29) is 31.1 Å². The van der Waals surface area contributed by atoms with Crippen molar-refractivity contribution in [1.29, 1.82) is 0 Å². The zero-order valence-electron chi connectivity index (χ0n) is 54.5. The van der Waals surface area contributed by atoms with Crippen molar-refractivity contribution in [2.45, 2.75) is 367 Å². The van der Waals surface area contributed by atoms with Crippen molar-refractivity contribution >= 4 is 17.9 Å². The molecule has 0 N–H and O–H groups in total. The van der Waals surface area contributed by atoms with Crippen LogP contribution in [0.4, 0.5) is 0 Å². The summed E-state index contributed by atoms with van der Waals surface area (Å²) in [6.45, 7) is 6.56. The second-order valence-electron chi connectivity index (χ2n) is 23.8. The van der Waals surface area contributed by atoms with Gasteiger partial charge >= 0.3 is 17.9 Å². The van der Waals surface area contributed by atoms with Crippen LogP contribution in [0, 0.1) is 0 Å². The van der Waals surface area contributed by atoms with Gasteiger partial charge in [0.05, 0.1) is 0 Å². The summed E-state index contributed by atoms with van der Waals surface area (Å²) in [7, 11) is 0. The molecule has 0 rings (SSSR count). The zero-order chi connectivity index (χ0) is 59.2. The van der Waals surface area contributed by atoms with Gasteiger partial charge in [-0.2, -0.15) is 0 Å². The van der Waals surface area contributed by atoms with E-state index in [2.05, 4.69) is 106 Å². The Morgan fingerprint density at radius 1 is 0.256 bits per heavy atom. The lowest BCUT2D eigenvalue weighted by atomic mass is 10.0. The van der Waals surface area contributed by atoms with Crippen molar-refractivity contribution in [3.63, 3.8) is 0 Å². The fourth-order valence-electron chi connectivity index (χ4n) is 10.3. The van der Waals surface area contributed by atoms with Crippen LogP contribution in [0.2, 0.25) is 0 Å². The van der Waals surface area contributed by atoms with Crippen molar-refractivity contribution in [1.82, 2.24) is 0 Å². The molecule has 0 bridgehead atoms. The summed E-state index contributed by atoms with van der Waals surface area (Å²) < 4.78 is 17.0. The van der Waals surface area contributed by atoms with E-state index in [1.807, 2.05) is 0 Å². The van der Waals surface area contributed by atoms with Gasteiger partial charge in [-0.05, 0) is 96.3 Å². The third-order valence-electron chi connectivity index (χ3n) is 15.6. The summed E-state index contributed by atoms with van der Waals surface area (Å²) in [5.41, 5.74) is 0. The van der Waals surface area contributed by atoms with E-state index in [4.69, 9.17) is 14.2 Å². The number of ether oxygens (including phenoxy) is 3. The maximum atomic E-state index is 13.0. The molecule has 6 heteroatoms. The molecule has 0 spiro atoms. The molecule has 474 valence electrons. The fourth-order valence-corrected chi connectivity index (χ4v) is 10.3. The number of allylic oxidation sites excluding steroid dienone is 14. The molecule has 0 aliphatic rings. The third-order valence-corrected chi connectivity index (χ3v) is 15.6. The third kappa shape index (κ3) is 67.4. The van der Waals surface area contributed by atoms with Gasteiger partial charge in [0.1, 0.15) is 13.2 Å². The Morgan fingerprint density at radius 2 is 0.476 bits per heavy atom. The minimum absolute atomic E-state index is 0.0814. The van der Waals surface area contributed by atoms with Gasteiger partial charge in [-0.3, -0.25) is 14.4 Å². The molecule has 0 saturated carbocycles. The first kappa shape index (κ1) is 78.6. The highest BCUT2D eigenvalue weighted by Crippen LogP contribution is 2.18. The Labute approximate surface area is 509 Å². The highest BCUT2D eigenvalue weighted by Gasteiger charge is 2.19. The van der Waals surface area contributed by atoms with E-state index < -0.39 is 6.10 Å². The van der Waals surface area contributed by atoms with E-state index in [1.54, 1.807) is 0 Å². The standard InChI is InChI=1S/C76H134O6/c1-4-7-10-13-16-19-22-25-28-31-34-36-38-40-42-45-48-51-54-57-60-63-66-69-75(78)81-72-73(71-80-74(77)68-65-62-59-56-53-50-47-44-33-30-27-24-21-18-15-12-9-6-3)82-76(79)70-67-64-61-58-55-52-49-46-43-41-39-37-35-32-29-26-23-20-17-14-11-8-5-2/h7,10,16,19,25,28,32,34-36,40,42,48,51,73H,4-6,8-9,11-15,17-18,20-24,26-27,29-31,33,37-39,41,43-47,49-50,52-72H2,1-3H3/b10-7-,19-16-,28-25-,35-32-,36-34-,42-40-,51-48-. The number of carbonyl (C=O) groups is 3. The molecule has 0 aromatic rings. The molecule has 82 heavy (non-hydrogen) atoms. The molecule has 1 atom stereocenters. The van der Waals surface area contributed by atoms with Gasteiger partial charge in [0, 0.05) is 19.3 Å². The normalized spacial score (nSPS) is 12.6. The summed E-state index contributed by atoms with van der Waals surface area (Å²) in [6.07, 6.45) is 93.2. The van der Waals surface area contributed by atoms with Crippen LogP contribution in [0.5, 0.6) is 0 Å². The van der Waals surface area contributed by atoms with Gasteiger partial charge in [0.15, 0.2) is 6.10 Å². The van der Waals surface area contributed by atoms with Crippen molar-refractivity contribution in [3.05, 3.63) is 85.1 Å². The lowest BCUT2D eigenvalue weighted by Gasteiger charge is -2.18. The molecule has 0 aliphatic heterocycles. The van der Waals surface area contributed by atoms with Gasteiger partial charge in [-0.25, -0.2) is 0 Å². The zero-order valence-corrected chi connectivity index (χ0v) is 54.5. The van der Waals surface area contributed by atoms with Crippen LogP contribution < -0.4 is 0 Å². The van der Waals surface area contributed by atoms with Gasteiger partial charge in [0.2, 0.25) is 0 Å². The molecule has 0 aromatic carbocycles. The van der Waals surface area contributed by atoms with Gasteiger partial charge in [-0.15, -0.1) is 0 Å².